The molecule has 7 nitrogen and oxygen atoms in total. The maximum absolute atomic E-state index is 12.5. The number of carbonyl (C=O) groups is 1. The van der Waals surface area contributed by atoms with Gasteiger partial charge in [-0.05, 0) is 35.9 Å². The van der Waals surface area contributed by atoms with E-state index >= 15 is 0 Å². The number of aromatic nitrogens is 4. The lowest BCUT2D eigenvalue weighted by Gasteiger charge is -2.08. The van der Waals surface area contributed by atoms with E-state index in [-0.39, 0.29) is 12.4 Å². The lowest BCUT2D eigenvalue weighted by atomic mass is 10.2. The van der Waals surface area contributed by atoms with Gasteiger partial charge in [0.2, 0.25) is 0 Å². The first kappa shape index (κ1) is 22.5. The van der Waals surface area contributed by atoms with E-state index in [1.54, 1.807) is 59.5 Å². The summed E-state index contributed by atoms with van der Waals surface area (Å²) in [5.41, 5.74) is 1.14. The third-order valence-corrected chi connectivity index (χ3v) is 5.89. The molecule has 164 valence electrons. The zero-order valence-electron chi connectivity index (χ0n) is 16.3. The number of hydrogen-bond acceptors (Lipinski definition) is 4. The van der Waals surface area contributed by atoms with Crippen LogP contribution in [0.4, 0.5) is 5.82 Å². The lowest BCUT2D eigenvalue weighted by molar-refractivity contribution is 0.101. The molecule has 2 aromatic carbocycles. The molecule has 0 aliphatic carbocycles. The highest BCUT2D eigenvalue weighted by Gasteiger charge is 2.13. The number of anilines is 1. The number of nitrogens with zero attached hydrogens (tertiary/aromatic N) is 4. The van der Waals surface area contributed by atoms with Gasteiger partial charge >= 0.3 is 0 Å². The van der Waals surface area contributed by atoms with Gasteiger partial charge in [0.05, 0.1) is 21.6 Å². The molecule has 11 heteroatoms. The van der Waals surface area contributed by atoms with Crippen LogP contribution >= 0.6 is 46.4 Å². The molecule has 2 aromatic heterocycles. The van der Waals surface area contributed by atoms with Gasteiger partial charge in [-0.25, -0.2) is 4.68 Å². The largest absolute Gasteiger partial charge is 0.470 e. The summed E-state index contributed by atoms with van der Waals surface area (Å²) in [6.07, 6.45) is 3.37. The molecule has 0 saturated heterocycles. The number of rotatable bonds is 7. The summed E-state index contributed by atoms with van der Waals surface area (Å²) in [7, 11) is 0. The number of ether oxygens (including phenoxy) is 1. The van der Waals surface area contributed by atoms with Crippen LogP contribution in [-0.4, -0.2) is 25.5 Å². The standard InChI is InChI=1S/C21H15Cl4N5O2/c22-14-5-4-13(10-16(14)24)11-29-9-7-19(28-29)26-21(31)17-6-8-30(27-17)12-32-18-3-1-2-15(23)20(18)25/h1-10H,11-12H2,(H,26,28,31). The Bertz CT molecular complexity index is 1270. The van der Waals surface area contributed by atoms with Gasteiger partial charge in [-0.2, -0.15) is 10.2 Å². The zero-order chi connectivity index (χ0) is 22.7. The lowest BCUT2D eigenvalue weighted by Crippen LogP contribution is -2.15. The molecule has 32 heavy (non-hydrogen) atoms. The smallest absolute Gasteiger partial charge is 0.277 e. The average Bonchev–Trinajstić information content (AvgIpc) is 3.41. The molecular weight excluding hydrogens is 496 g/mol. The first-order chi connectivity index (χ1) is 15.4. The van der Waals surface area contributed by atoms with E-state index in [0.29, 0.717) is 38.2 Å². The van der Waals surface area contributed by atoms with Crippen LogP contribution in [0.3, 0.4) is 0 Å². The van der Waals surface area contributed by atoms with Gasteiger partial charge in [0.1, 0.15) is 10.8 Å². The molecule has 0 saturated carbocycles. The maximum Gasteiger partial charge on any atom is 0.277 e. The molecule has 0 radical (unpaired) electrons. The molecule has 4 aromatic rings. The Kier molecular flexibility index (Phi) is 6.91. The Morgan fingerprint density at radius 1 is 0.906 bits per heavy atom. The summed E-state index contributed by atoms with van der Waals surface area (Å²) < 4.78 is 8.75. The molecular formula is C21H15Cl4N5O2. The van der Waals surface area contributed by atoms with Crippen LogP contribution in [0.2, 0.25) is 20.1 Å². The van der Waals surface area contributed by atoms with Gasteiger partial charge in [0.15, 0.2) is 18.2 Å². The summed E-state index contributed by atoms with van der Waals surface area (Å²) in [5, 5.41) is 12.9. The van der Waals surface area contributed by atoms with Crippen LogP contribution < -0.4 is 10.1 Å². The van der Waals surface area contributed by atoms with E-state index < -0.39 is 5.91 Å². The topological polar surface area (TPSA) is 74.0 Å². The Labute approximate surface area is 203 Å². The zero-order valence-corrected chi connectivity index (χ0v) is 19.3. The minimum absolute atomic E-state index is 0.0611. The number of benzene rings is 2. The predicted molar refractivity (Wildman–Crippen MR) is 125 cm³/mol. The molecule has 0 unspecified atom stereocenters. The van der Waals surface area contributed by atoms with Gasteiger partial charge in [-0.15, -0.1) is 0 Å². The minimum atomic E-state index is -0.399. The van der Waals surface area contributed by atoms with E-state index in [4.69, 9.17) is 51.1 Å². The monoisotopic (exact) mass is 509 g/mol. The fourth-order valence-corrected chi connectivity index (χ4v) is 3.47. The number of nitrogens with one attached hydrogen (secondary N) is 1. The quantitative estimate of drug-likeness (QED) is 0.329. The van der Waals surface area contributed by atoms with Crippen molar-refractivity contribution in [3.05, 3.63) is 92.3 Å². The number of halogens is 4. The maximum atomic E-state index is 12.5. The van der Waals surface area contributed by atoms with Crippen molar-refractivity contribution in [1.82, 2.24) is 19.6 Å². The van der Waals surface area contributed by atoms with Crippen molar-refractivity contribution in [3.63, 3.8) is 0 Å². The molecule has 0 aliphatic heterocycles. The van der Waals surface area contributed by atoms with Crippen molar-refractivity contribution in [2.45, 2.75) is 13.3 Å². The first-order valence-corrected chi connectivity index (χ1v) is 10.8. The number of hydrogen-bond donors (Lipinski definition) is 1. The third-order valence-electron chi connectivity index (χ3n) is 4.35. The molecule has 2 heterocycles. The van der Waals surface area contributed by atoms with E-state index in [1.807, 2.05) is 6.07 Å². The molecule has 0 atom stereocenters. The van der Waals surface area contributed by atoms with Crippen LogP contribution in [0.5, 0.6) is 5.75 Å². The van der Waals surface area contributed by atoms with E-state index in [1.165, 1.54) is 4.68 Å². The average molecular weight is 511 g/mol. The van der Waals surface area contributed by atoms with Crippen molar-refractivity contribution in [3.8, 4) is 5.75 Å². The number of amides is 1. The summed E-state index contributed by atoms with van der Waals surface area (Å²) in [6, 6.07) is 13.7. The van der Waals surface area contributed by atoms with Gasteiger partial charge in [0.25, 0.3) is 5.91 Å². The Balaban J connectivity index is 1.35. The van der Waals surface area contributed by atoms with Crippen molar-refractivity contribution >= 4 is 58.1 Å². The first-order valence-electron chi connectivity index (χ1n) is 9.28. The SMILES string of the molecule is O=C(Nc1ccn(Cc2ccc(Cl)c(Cl)c2)n1)c1ccn(COc2cccc(Cl)c2Cl)n1. The molecule has 0 bridgehead atoms. The third kappa shape index (κ3) is 5.37. The van der Waals surface area contributed by atoms with E-state index in [2.05, 4.69) is 15.5 Å². The van der Waals surface area contributed by atoms with Crippen molar-refractivity contribution in [1.29, 1.82) is 0 Å². The van der Waals surface area contributed by atoms with Crippen molar-refractivity contribution in [2.75, 3.05) is 5.32 Å². The minimum Gasteiger partial charge on any atom is -0.470 e. The van der Waals surface area contributed by atoms with Gasteiger partial charge < -0.3 is 10.1 Å². The summed E-state index contributed by atoms with van der Waals surface area (Å²) in [6.45, 7) is 0.538. The molecule has 0 spiro atoms. The fourth-order valence-electron chi connectivity index (χ4n) is 2.81. The Morgan fingerprint density at radius 3 is 2.53 bits per heavy atom. The van der Waals surface area contributed by atoms with Crippen LogP contribution in [0, 0.1) is 0 Å². The highest BCUT2D eigenvalue weighted by Crippen LogP contribution is 2.31. The Hall–Kier alpha value is -2.71. The second kappa shape index (κ2) is 9.83. The second-order valence-corrected chi connectivity index (χ2v) is 8.27. The predicted octanol–water partition coefficient (Wildman–Crippen LogP) is 6.03. The molecule has 4 rings (SSSR count). The summed E-state index contributed by atoms with van der Waals surface area (Å²) >= 11 is 24.1. The van der Waals surface area contributed by atoms with Crippen LogP contribution in [0.25, 0.3) is 0 Å². The van der Waals surface area contributed by atoms with Crippen LogP contribution in [0.15, 0.2) is 60.9 Å². The highest BCUT2D eigenvalue weighted by atomic mass is 35.5. The summed E-state index contributed by atoms with van der Waals surface area (Å²) in [5.74, 6) is 0.420. The van der Waals surface area contributed by atoms with Gasteiger partial charge in [0, 0.05) is 18.5 Å². The second-order valence-electron chi connectivity index (χ2n) is 6.67. The molecule has 1 amide bonds. The van der Waals surface area contributed by atoms with Crippen molar-refractivity contribution < 1.29 is 9.53 Å². The van der Waals surface area contributed by atoms with E-state index in [0.717, 1.165) is 5.56 Å². The van der Waals surface area contributed by atoms with E-state index in [9.17, 15) is 4.79 Å². The fraction of sp³-hybridized carbons (Fsp3) is 0.0952. The van der Waals surface area contributed by atoms with Crippen molar-refractivity contribution in [2.24, 2.45) is 0 Å². The highest BCUT2D eigenvalue weighted by molar-refractivity contribution is 6.43. The molecule has 1 N–H and O–H groups in total. The van der Waals surface area contributed by atoms with Crippen LogP contribution in [-0.2, 0) is 13.3 Å². The van der Waals surface area contributed by atoms with Gasteiger partial charge in [-0.1, -0.05) is 58.5 Å². The van der Waals surface area contributed by atoms with Gasteiger partial charge in [-0.3, -0.25) is 9.48 Å². The van der Waals surface area contributed by atoms with Crippen LogP contribution in [0.1, 0.15) is 16.1 Å². The summed E-state index contributed by atoms with van der Waals surface area (Å²) in [4.78, 5) is 12.5. The number of carbonyl (C=O) groups excluding carboxylic acids is 1. The normalized spacial score (nSPS) is 10.9. The molecule has 0 aliphatic rings. The Morgan fingerprint density at radius 2 is 1.72 bits per heavy atom. The molecule has 0 fully saturated rings.